The van der Waals surface area contributed by atoms with Crippen LogP contribution in [0.15, 0.2) is 24.4 Å². The number of hydrogen-bond acceptors (Lipinski definition) is 3. The first-order chi connectivity index (χ1) is 7.58. The van der Waals surface area contributed by atoms with Crippen LogP contribution in [0.2, 0.25) is 0 Å². The SMILES string of the molecule is CC(C)c1ncc(-c2ccc(O)c(O)c2)[nH]1. The number of nitrogens with one attached hydrogen (secondary N) is 1. The van der Waals surface area contributed by atoms with E-state index in [2.05, 4.69) is 23.8 Å². The number of benzene rings is 1. The van der Waals surface area contributed by atoms with Gasteiger partial charge in [0.15, 0.2) is 11.5 Å². The highest BCUT2D eigenvalue weighted by molar-refractivity contribution is 5.63. The Morgan fingerprint density at radius 2 is 1.94 bits per heavy atom. The molecular formula is C12H14N2O2. The van der Waals surface area contributed by atoms with E-state index in [9.17, 15) is 10.2 Å². The third kappa shape index (κ3) is 1.86. The molecule has 1 heterocycles. The molecule has 16 heavy (non-hydrogen) atoms. The summed E-state index contributed by atoms with van der Waals surface area (Å²) in [7, 11) is 0. The molecule has 3 N–H and O–H groups in total. The molecule has 4 heteroatoms. The van der Waals surface area contributed by atoms with Crippen LogP contribution in [-0.4, -0.2) is 20.2 Å². The van der Waals surface area contributed by atoms with Gasteiger partial charge in [-0.3, -0.25) is 0 Å². The van der Waals surface area contributed by atoms with Crippen molar-refractivity contribution >= 4 is 0 Å². The van der Waals surface area contributed by atoms with E-state index in [4.69, 9.17) is 0 Å². The zero-order valence-corrected chi connectivity index (χ0v) is 9.23. The van der Waals surface area contributed by atoms with Crippen LogP contribution in [0.3, 0.4) is 0 Å². The quantitative estimate of drug-likeness (QED) is 0.678. The smallest absolute Gasteiger partial charge is 0.158 e. The minimum Gasteiger partial charge on any atom is -0.504 e. The molecule has 0 bridgehead atoms. The van der Waals surface area contributed by atoms with E-state index in [0.29, 0.717) is 5.92 Å². The van der Waals surface area contributed by atoms with Crippen LogP contribution in [0.4, 0.5) is 0 Å². The van der Waals surface area contributed by atoms with Gasteiger partial charge >= 0.3 is 0 Å². The van der Waals surface area contributed by atoms with Gasteiger partial charge in [0.05, 0.1) is 11.9 Å². The summed E-state index contributed by atoms with van der Waals surface area (Å²) in [5.74, 6) is 0.993. The van der Waals surface area contributed by atoms with E-state index < -0.39 is 0 Å². The molecule has 0 aliphatic carbocycles. The van der Waals surface area contributed by atoms with Crippen LogP contribution in [0, 0.1) is 0 Å². The highest BCUT2D eigenvalue weighted by atomic mass is 16.3. The molecule has 84 valence electrons. The third-order valence-electron chi connectivity index (χ3n) is 2.43. The first kappa shape index (κ1) is 10.5. The molecule has 0 saturated heterocycles. The summed E-state index contributed by atoms with van der Waals surface area (Å²) in [4.78, 5) is 7.42. The number of H-pyrrole nitrogens is 1. The molecule has 0 unspecified atom stereocenters. The molecule has 1 aromatic carbocycles. The molecule has 0 aliphatic rings. The molecule has 0 spiro atoms. The van der Waals surface area contributed by atoms with Crippen LogP contribution in [0.1, 0.15) is 25.6 Å². The molecule has 2 aromatic rings. The Balaban J connectivity index is 2.39. The normalized spacial score (nSPS) is 10.9. The molecule has 0 fully saturated rings. The summed E-state index contributed by atoms with van der Waals surface area (Å²) in [6, 6.07) is 4.69. The van der Waals surface area contributed by atoms with Gasteiger partial charge in [-0.2, -0.15) is 0 Å². The lowest BCUT2D eigenvalue weighted by atomic mass is 10.1. The fraction of sp³-hybridized carbons (Fsp3) is 0.250. The standard InChI is InChI=1S/C12H14N2O2/c1-7(2)12-13-6-9(14-12)8-3-4-10(15)11(16)5-8/h3-7,15-16H,1-2H3,(H,13,14). The summed E-state index contributed by atoms with van der Waals surface area (Å²) in [6.07, 6.45) is 1.72. The van der Waals surface area contributed by atoms with Crippen LogP contribution in [0.25, 0.3) is 11.3 Å². The van der Waals surface area contributed by atoms with E-state index in [0.717, 1.165) is 17.1 Å². The summed E-state index contributed by atoms with van der Waals surface area (Å²) in [5, 5.41) is 18.6. The van der Waals surface area contributed by atoms with Gasteiger partial charge in [0, 0.05) is 11.5 Å². The van der Waals surface area contributed by atoms with Gasteiger partial charge in [-0.25, -0.2) is 4.98 Å². The predicted octanol–water partition coefficient (Wildman–Crippen LogP) is 2.61. The molecule has 0 atom stereocenters. The van der Waals surface area contributed by atoms with Gasteiger partial charge in [0.1, 0.15) is 5.82 Å². The van der Waals surface area contributed by atoms with Crippen molar-refractivity contribution in [1.82, 2.24) is 9.97 Å². The number of hydrogen-bond donors (Lipinski definition) is 3. The maximum atomic E-state index is 9.39. The largest absolute Gasteiger partial charge is 0.504 e. The second kappa shape index (κ2) is 3.89. The van der Waals surface area contributed by atoms with E-state index in [1.165, 1.54) is 12.1 Å². The van der Waals surface area contributed by atoms with Crippen LogP contribution >= 0.6 is 0 Å². The van der Waals surface area contributed by atoms with E-state index in [1.54, 1.807) is 12.3 Å². The number of rotatable bonds is 2. The Labute approximate surface area is 93.6 Å². The maximum Gasteiger partial charge on any atom is 0.158 e. The number of imidazole rings is 1. The molecule has 0 saturated carbocycles. The van der Waals surface area contributed by atoms with Crippen LogP contribution in [0.5, 0.6) is 11.5 Å². The Hall–Kier alpha value is -1.97. The Morgan fingerprint density at radius 1 is 1.19 bits per heavy atom. The van der Waals surface area contributed by atoms with Crippen molar-refractivity contribution in [2.24, 2.45) is 0 Å². The van der Waals surface area contributed by atoms with Crippen molar-refractivity contribution in [3.63, 3.8) is 0 Å². The minimum atomic E-state index is -0.127. The van der Waals surface area contributed by atoms with Crippen molar-refractivity contribution in [2.75, 3.05) is 0 Å². The Bertz CT molecular complexity index is 503. The Morgan fingerprint density at radius 3 is 2.50 bits per heavy atom. The molecule has 0 amide bonds. The predicted molar refractivity (Wildman–Crippen MR) is 61.4 cm³/mol. The molecule has 4 nitrogen and oxygen atoms in total. The van der Waals surface area contributed by atoms with Gasteiger partial charge in [0.2, 0.25) is 0 Å². The summed E-state index contributed by atoms with van der Waals surface area (Å²) in [6.45, 7) is 4.10. The second-order valence-corrected chi connectivity index (χ2v) is 4.04. The topological polar surface area (TPSA) is 69.1 Å². The maximum absolute atomic E-state index is 9.39. The highest BCUT2D eigenvalue weighted by Gasteiger charge is 2.08. The van der Waals surface area contributed by atoms with Gasteiger partial charge in [0.25, 0.3) is 0 Å². The fourth-order valence-corrected chi connectivity index (χ4v) is 1.47. The molecule has 2 rings (SSSR count). The number of nitrogens with zero attached hydrogens (tertiary/aromatic N) is 1. The minimum absolute atomic E-state index is 0.118. The van der Waals surface area contributed by atoms with Gasteiger partial charge < -0.3 is 15.2 Å². The van der Waals surface area contributed by atoms with Crippen LogP contribution in [-0.2, 0) is 0 Å². The number of aromatic amines is 1. The summed E-state index contributed by atoms with van der Waals surface area (Å²) < 4.78 is 0. The highest BCUT2D eigenvalue weighted by Crippen LogP contribution is 2.30. The van der Waals surface area contributed by atoms with Gasteiger partial charge in [-0.05, 0) is 18.2 Å². The number of aromatic hydroxyl groups is 2. The third-order valence-corrected chi connectivity index (χ3v) is 2.43. The average molecular weight is 218 g/mol. The molecule has 0 radical (unpaired) electrons. The van der Waals surface area contributed by atoms with Gasteiger partial charge in [-0.1, -0.05) is 13.8 Å². The molecule has 0 aliphatic heterocycles. The van der Waals surface area contributed by atoms with Crippen LogP contribution < -0.4 is 0 Å². The number of phenols is 2. The summed E-state index contributed by atoms with van der Waals surface area (Å²) in [5.41, 5.74) is 1.63. The number of phenolic OH excluding ortho intramolecular Hbond substituents is 2. The average Bonchev–Trinajstić information content (AvgIpc) is 2.71. The zero-order chi connectivity index (χ0) is 11.7. The van der Waals surface area contributed by atoms with Crippen molar-refractivity contribution < 1.29 is 10.2 Å². The van der Waals surface area contributed by atoms with Gasteiger partial charge in [-0.15, -0.1) is 0 Å². The lowest BCUT2D eigenvalue weighted by molar-refractivity contribution is 0.404. The van der Waals surface area contributed by atoms with E-state index in [1.807, 2.05) is 0 Å². The van der Waals surface area contributed by atoms with Crippen molar-refractivity contribution in [3.8, 4) is 22.8 Å². The van der Waals surface area contributed by atoms with E-state index in [-0.39, 0.29) is 11.5 Å². The van der Waals surface area contributed by atoms with Crippen molar-refractivity contribution in [1.29, 1.82) is 0 Å². The fourth-order valence-electron chi connectivity index (χ4n) is 1.47. The Kier molecular flexibility index (Phi) is 2.56. The zero-order valence-electron chi connectivity index (χ0n) is 9.23. The monoisotopic (exact) mass is 218 g/mol. The van der Waals surface area contributed by atoms with E-state index >= 15 is 0 Å². The molecule has 1 aromatic heterocycles. The first-order valence-corrected chi connectivity index (χ1v) is 5.15. The van der Waals surface area contributed by atoms with Crippen molar-refractivity contribution in [3.05, 3.63) is 30.2 Å². The number of aromatic nitrogens is 2. The lowest BCUT2D eigenvalue weighted by Gasteiger charge is -2.01. The summed E-state index contributed by atoms with van der Waals surface area (Å²) >= 11 is 0. The molecular weight excluding hydrogens is 204 g/mol. The lowest BCUT2D eigenvalue weighted by Crippen LogP contribution is -1.89. The first-order valence-electron chi connectivity index (χ1n) is 5.15. The second-order valence-electron chi connectivity index (χ2n) is 4.04. The van der Waals surface area contributed by atoms with Crippen molar-refractivity contribution in [2.45, 2.75) is 19.8 Å².